The molecule has 0 spiro atoms. The Bertz CT molecular complexity index is 383. The van der Waals surface area contributed by atoms with Crippen LogP contribution in [0, 0.1) is 0 Å². The van der Waals surface area contributed by atoms with Crippen LogP contribution in [0.4, 0.5) is 13.2 Å². The van der Waals surface area contributed by atoms with E-state index < -0.39 is 11.7 Å². The van der Waals surface area contributed by atoms with E-state index >= 15 is 0 Å². The molecule has 20 heavy (non-hydrogen) atoms. The molecule has 1 rings (SSSR count). The van der Waals surface area contributed by atoms with E-state index in [-0.39, 0.29) is 18.4 Å². The Balaban J connectivity index is 0. The van der Waals surface area contributed by atoms with Crippen molar-refractivity contribution in [3.8, 4) is 0 Å². The minimum absolute atomic E-state index is 0. The summed E-state index contributed by atoms with van der Waals surface area (Å²) >= 11 is 0. The van der Waals surface area contributed by atoms with E-state index in [0.717, 1.165) is 18.9 Å². The maximum Gasteiger partial charge on any atom is 0.416 e. The molecular formula is C14H21ClF3NO. The molecule has 116 valence electrons. The fourth-order valence-corrected chi connectivity index (χ4v) is 1.65. The largest absolute Gasteiger partial charge is 0.416 e. The van der Waals surface area contributed by atoms with Crippen molar-refractivity contribution in [1.29, 1.82) is 0 Å². The Kier molecular flexibility index (Phi) is 11.3. The Labute approximate surface area is 124 Å². The molecule has 2 nitrogen and oxygen atoms in total. The summed E-state index contributed by atoms with van der Waals surface area (Å²) in [6.07, 6.45) is -2.89. The van der Waals surface area contributed by atoms with Crippen molar-refractivity contribution in [2.45, 2.75) is 39.4 Å². The minimum Gasteiger partial charge on any atom is -0.314 e. The van der Waals surface area contributed by atoms with Gasteiger partial charge in [0.2, 0.25) is 0 Å². The quantitative estimate of drug-likeness (QED) is 0.855. The number of nitrogens with one attached hydrogen (secondary N) is 1. The van der Waals surface area contributed by atoms with E-state index in [1.807, 2.05) is 13.8 Å². The molecule has 0 aliphatic carbocycles. The molecule has 0 aliphatic heterocycles. The molecule has 0 fully saturated rings. The molecule has 0 amide bonds. The second-order valence-corrected chi connectivity index (χ2v) is 4.10. The number of alkyl halides is 3. The van der Waals surface area contributed by atoms with E-state index in [2.05, 4.69) is 5.32 Å². The standard InChI is InChI=1S/C12H16F3N.C2H4O.ClH/c1-3-16-9(2)7-10-5-4-6-11(8-10)12(13,14)15;1-2-3;/h4-6,8-9,16H,3,7H2,1-2H3;2H,1H3;1H. The van der Waals surface area contributed by atoms with Crippen LogP contribution in [0.2, 0.25) is 0 Å². The molecule has 0 aliphatic rings. The molecule has 6 heteroatoms. The average Bonchev–Trinajstić information content (AvgIpc) is 2.29. The molecular weight excluding hydrogens is 291 g/mol. The van der Waals surface area contributed by atoms with Crippen LogP contribution in [0.5, 0.6) is 0 Å². The number of benzene rings is 1. The molecule has 1 aromatic rings. The van der Waals surface area contributed by atoms with Crippen molar-refractivity contribution in [1.82, 2.24) is 5.32 Å². The molecule has 0 heterocycles. The maximum atomic E-state index is 12.4. The summed E-state index contributed by atoms with van der Waals surface area (Å²) < 4.78 is 37.3. The topological polar surface area (TPSA) is 29.1 Å². The Morgan fingerprint density at radius 2 is 1.90 bits per heavy atom. The van der Waals surface area contributed by atoms with Gasteiger partial charge < -0.3 is 10.1 Å². The third-order valence-corrected chi connectivity index (χ3v) is 2.35. The predicted octanol–water partition coefficient (Wildman–Crippen LogP) is 3.87. The summed E-state index contributed by atoms with van der Waals surface area (Å²) in [5.74, 6) is 0. The van der Waals surface area contributed by atoms with Gasteiger partial charge in [-0.3, -0.25) is 0 Å². The SMILES string of the molecule is CC=O.CCNC(C)Cc1cccc(C(F)(F)F)c1.Cl. The Hall–Kier alpha value is -1.07. The number of rotatable bonds is 4. The first-order valence-electron chi connectivity index (χ1n) is 6.14. The van der Waals surface area contributed by atoms with Gasteiger partial charge in [0.1, 0.15) is 6.29 Å². The van der Waals surface area contributed by atoms with Crippen molar-refractivity contribution >= 4 is 18.7 Å². The molecule has 0 bridgehead atoms. The fraction of sp³-hybridized carbons (Fsp3) is 0.500. The van der Waals surface area contributed by atoms with Crippen LogP contribution in [0.3, 0.4) is 0 Å². The zero-order valence-corrected chi connectivity index (χ0v) is 12.6. The van der Waals surface area contributed by atoms with E-state index in [0.29, 0.717) is 12.0 Å². The van der Waals surface area contributed by atoms with Crippen LogP contribution in [-0.4, -0.2) is 18.9 Å². The van der Waals surface area contributed by atoms with Gasteiger partial charge in [0.15, 0.2) is 0 Å². The van der Waals surface area contributed by atoms with Gasteiger partial charge in [-0.1, -0.05) is 25.1 Å². The van der Waals surface area contributed by atoms with E-state index in [1.165, 1.54) is 19.1 Å². The van der Waals surface area contributed by atoms with Crippen LogP contribution in [0.25, 0.3) is 0 Å². The number of hydrogen-bond donors (Lipinski definition) is 1. The van der Waals surface area contributed by atoms with Crippen LogP contribution in [-0.2, 0) is 17.4 Å². The summed E-state index contributed by atoms with van der Waals surface area (Å²) in [6.45, 7) is 6.20. The lowest BCUT2D eigenvalue weighted by molar-refractivity contribution is -0.137. The van der Waals surface area contributed by atoms with Gasteiger partial charge in [-0.25, -0.2) is 0 Å². The lowest BCUT2D eigenvalue weighted by atomic mass is 10.0. The van der Waals surface area contributed by atoms with Gasteiger partial charge in [0.05, 0.1) is 5.56 Å². The first kappa shape index (κ1) is 21.2. The molecule has 1 N–H and O–H groups in total. The first-order valence-corrected chi connectivity index (χ1v) is 6.14. The summed E-state index contributed by atoms with van der Waals surface area (Å²) in [6, 6.07) is 5.68. The van der Waals surface area contributed by atoms with Gasteiger partial charge in [-0.05, 0) is 38.4 Å². The highest BCUT2D eigenvalue weighted by molar-refractivity contribution is 5.85. The number of likely N-dealkylation sites (N-methyl/N-ethyl adjacent to an activating group) is 1. The number of carbonyl (C=O) groups excluding carboxylic acids is 1. The highest BCUT2D eigenvalue weighted by Gasteiger charge is 2.30. The van der Waals surface area contributed by atoms with Crippen molar-refractivity contribution in [2.75, 3.05) is 6.54 Å². The van der Waals surface area contributed by atoms with E-state index in [4.69, 9.17) is 4.79 Å². The number of hydrogen-bond acceptors (Lipinski definition) is 2. The first-order chi connectivity index (χ1) is 8.85. The summed E-state index contributed by atoms with van der Waals surface area (Å²) in [4.78, 5) is 8.81. The summed E-state index contributed by atoms with van der Waals surface area (Å²) in [5, 5.41) is 3.17. The fourth-order valence-electron chi connectivity index (χ4n) is 1.65. The molecule has 0 saturated heterocycles. The third kappa shape index (κ3) is 8.93. The molecule has 0 saturated carbocycles. The molecule has 0 radical (unpaired) electrons. The molecule has 1 atom stereocenters. The normalized spacial score (nSPS) is 11.7. The van der Waals surface area contributed by atoms with Crippen LogP contribution >= 0.6 is 12.4 Å². The molecule has 1 aromatic carbocycles. The Morgan fingerprint density at radius 3 is 2.35 bits per heavy atom. The monoisotopic (exact) mass is 311 g/mol. The highest BCUT2D eigenvalue weighted by Crippen LogP contribution is 2.29. The zero-order chi connectivity index (χ0) is 14.9. The summed E-state index contributed by atoms with van der Waals surface area (Å²) in [5.41, 5.74) is 0.136. The van der Waals surface area contributed by atoms with Gasteiger partial charge in [0.25, 0.3) is 0 Å². The van der Waals surface area contributed by atoms with Crippen LogP contribution in [0.15, 0.2) is 24.3 Å². The van der Waals surface area contributed by atoms with Gasteiger partial charge in [-0.15, -0.1) is 12.4 Å². The van der Waals surface area contributed by atoms with Crippen molar-refractivity contribution in [2.24, 2.45) is 0 Å². The molecule has 1 unspecified atom stereocenters. The summed E-state index contributed by atoms with van der Waals surface area (Å²) in [7, 11) is 0. The van der Waals surface area contributed by atoms with E-state index in [9.17, 15) is 13.2 Å². The van der Waals surface area contributed by atoms with Gasteiger partial charge in [0, 0.05) is 6.04 Å². The van der Waals surface area contributed by atoms with Gasteiger partial charge >= 0.3 is 6.18 Å². The number of halogens is 4. The van der Waals surface area contributed by atoms with Crippen molar-refractivity contribution in [3.05, 3.63) is 35.4 Å². The minimum atomic E-state index is -4.25. The maximum absolute atomic E-state index is 12.4. The van der Waals surface area contributed by atoms with Gasteiger partial charge in [-0.2, -0.15) is 13.2 Å². The highest BCUT2D eigenvalue weighted by atomic mass is 35.5. The predicted molar refractivity (Wildman–Crippen MR) is 77.3 cm³/mol. The second kappa shape index (κ2) is 10.7. The zero-order valence-electron chi connectivity index (χ0n) is 11.8. The van der Waals surface area contributed by atoms with Crippen molar-refractivity contribution in [3.63, 3.8) is 0 Å². The second-order valence-electron chi connectivity index (χ2n) is 4.10. The van der Waals surface area contributed by atoms with Crippen LogP contribution in [0.1, 0.15) is 31.9 Å². The molecule has 0 aromatic heterocycles. The Morgan fingerprint density at radius 1 is 1.35 bits per heavy atom. The number of carbonyl (C=O) groups is 1. The smallest absolute Gasteiger partial charge is 0.314 e. The third-order valence-electron chi connectivity index (χ3n) is 2.35. The lowest BCUT2D eigenvalue weighted by Gasteiger charge is -2.13. The van der Waals surface area contributed by atoms with Crippen molar-refractivity contribution < 1.29 is 18.0 Å². The number of aldehydes is 1. The van der Waals surface area contributed by atoms with Crippen LogP contribution < -0.4 is 5.32 Å². The van der Waals surface area contributed by atoms with E-state index in [1.54, 1.807) is 6.07 Å². The lowest BCUT2D eigenvalue weighted by Crippen LogP contribution is -2.27. The average molecular weight is 312 g/mol.